The molecule has 0 spiro atoms. The molecule has 0 aromatic carbocycles. The van der Waals surface area contributed by atoms with Crippen molar-refractivity contribution in [3.63, 3.8) is 0 Å². The molecule has 2 rings (SSSR count). The fraction of sp³-hybridized carbons (Fsp3) is 0.947. The van der Waals surface area contributed by atoms with Crippen molar-refractivity contribution in [3.05, 3.63) is 0 Å². The maximum absolute atomic E-state index is 9.17. The van der Waals surface area contributed by atoms with Gasteiger partial charge in [0, 0.05) is 12.1 Å². The fourth-order valence-electron chi connectivity index (χ4n) is 2.64. The van der Waals surface area contributed by atoms with Crippen LogP contribution in [0.1, 0.15) is 89.5 Å². The van der Waals surface area contributed by atoms with Gasteiger partial charge >= 0.3 is 14.2 Å². The van der Waals surface area contributed by atoms with Gasteiger partial charge in [-0.15, -0.1) is 0 Å². The van der Waals surface area contributed by atoms with E-state index in [9.17, 15) is 4.79 Å². The van der Waals surface area contributed by atoms with Gasteiger partial charge in [-0.25, -0.2) is 0 Å². The Morgan fingerprint density at radius 3 is 1.12 bits per heavy atom. The Hall–Kier alpha value is -0.360. The average molecular weight is 370 g/mol. The Balaban J connectivity index is 0.00000113. The largest absolute Gasteiger partial charge is 0.458 e. The van der Waals surface area contributed by atoms with Crippen LogP contribution in [0, 0.1) is 0 Å². The predicted molar refractivity (Wildman–Crippen MR) is 109 cm³/mol. The van der Waals surface area contributed by atoms with Gasteiger partial charge in [0.2, 0.25) is 0 Å². The van der Waals surface area contributed by atoms with Crippen molar-refractivity contribution < 1.29 is 23.4 Å². The molecular weight excluding hydrogens is 330 g/mol. The summed E-state index contributed by atoms with van der Waals surface area (Å²) >= 11 is 0. The van der Waals surface area contributed by atoms with Crippen molar-refractivity contribution in [2.75, 3.05) is 0 Å². The first-order valence-electron chi connectivity index (χ1n) is 9.39. The van der Waals surface area contributed by atoms with Gasteiger partial charge in [-0.1, -0.05) is 27.7 Å². The molecule has 0 unspecified atom stereocenters. The molecule has 2 fully saturated rings. The van der Waals surface area contributed by atoms with E-state index in [1.54, 1.807) is 0 Å². The summed E-state index contributed by atoms with van der Waals surface area (Å²) in [6, 6.07) is 0. The van der Waals surface area contributed by atoms with Crippen LogP contribution in [0.25, 0.3) is 0 Å². The molecule has 0 saturated carbocycles. The van der Waals surface area contributed by atoms with Crippen LogP contribution in [0.4, 0.5) is 0 Å². The third kappa shape index (κ3) is 5.12. The molecule has 0 aliphatic carbocycles. The van der Waals surface area contributed by atoms with Crippen molar-refractivity contribution in [1.29, 1.82) is 0 Å². The molecule has 26 heavy (non-hydrogen) atoms. The molecule has 0 amide bonds. The van der Waals surface area contributed by atoms with E-state index in [0.717, 1.165) is 12.7 Å². The summed E-state index contributed by atoms with van der Waals surface area (Å²) in [4.78, 5) is 9.17. The number of carbonyl (C=O) groups excluding carboxylic acids is 1. The maximum Gasteiger partial charge on any atom is 0.458 e. The Kier molecular flexibility index (Phi) is 8.64. The minimum atomic E-state index is -0.325. The maximum atomic E-state index is 9.17. The highest BCUT2D eigenvalue weighted by Gasteiger charge is 2.61. The zero-order valence-corrected chi connectivity index (χ0v) is 17.8. The van der Waals surface area contributed by atoms with Gasteiger partial charge in [-0.2, -0.15) is 0 Å². The summed E-state index contributed by atoms with van der Waals surface area (Å²) in [5, 5.41) is 0. The fourth-order valence-corrected chi connectivity index (χ4v) is 2.64. The van der Waals surface area contributed by atoms with E-state index in [-0.39, 0.29) is 49.8 Å². The van der Waals surface area contributed by atoms with Crippen LogP contribution in [0.3, 0.4) is 0 Å². The third-order valence-electron chi connectivity index (χ3n) is 5.88. The minimum absolute atomic E-state index is 0. The van der Waals surface area contributed by atoms with Crippen LogP contribution < -0.4 is 0 Å². The van der Waals surface area contributed by atoms with Gasteiger partial charge in [0.1, 0.15) is 6.29 Å². The molecule has 0 radical (unpaired) electrons. The molecule has 0 bridgehead atoms. The summed E-state index contributed by atoms with van der Waals surface area (Å²) in [5.41, 5.74) is -1.24. The highest BCUT2D eigenvalue weighted by atomic mass is 16.7. The lowest BCUT2D eigenvalue weighted by atomic mass is 9.50. The highest BCUT2D eigenvalue weighted by molar-refractivity contribution is 6.68. The second kappa shape index (κ2) is 8.76. The van der Waals surface area contributed by atoms with Crippen molar-refractivity contribution >= 4 is 20.5 Å². The molecule has 0 N–H and O–H groups in total. The molecular formula is C19H40B2O5. The van der Waals surface area contributed by atoms with Crippen LogP contribution in [0.5, 0.6) is 0 Å². The number of aldehydes is 1. The molecule has 5 nitrogen and oxygen atoms in total. The van der Waals surface area contributed by atoms with Crippen LogP contribution in [-0.4, -0.2) is 42.9 Å². The lowest BCUT2D eigenvalue weighted by Gasteiger charge is -2.32. The van der Waals surface area contributed by atoms with Gasteiger partial charge in [0.05, 0.1) is 22.4 Å². The normalized spacial score (nSPS) is 24.7. The van der Waals surface area contributed by atoms with Gasteiger partial charge in [0.15, 0.2) is 0 Å². The number of carbonyl (C=O) groups is 1. The van der Waals surface area contributed by atoms with Crippen molar-refractivity contribution in [1.82, 2.24) is 0 Å². The first kappa shape index (κ1) is 25.6. The van der Waals surface area contributed by atoms with Crippen molar-refractivity contribution in [2.45, 2.75) is 118 Å². The lowest BCUT2D eigenvalue weighted by Crippen LogP contribution is -2.41. The minimum Gasteiger partial charge on any atom is -0.403 e. The quantitative estimate of drug-likeness (QED) is 0.529. The van der Waals surface area contributed by atoms with E-state index in [1.165, 1.54) is 0 Å². The third-order valence-corrected chi connectivity index (χ3v) is 5.88. The van der Waals surface area contributed by atoms with Crippen molar-refractivity contribution in [3.8, 4) is 0 Å². The molecule has 0 aromatic heterocycles. The highest BCUT2D eigenvalue weighted by Crippen LogP contribution is 2.46. The molecule has 7 heteroatoms. The number of hydrogen-bond acceptors (Lipinski definition) is 5. The average Bonchev–Trinajstić information content (AvgIpc) is 2.79. The molecule has 0 aromatic rings. The smallest absolute Gasteiger partial charge is 0.403 e. The summed E-state index contributed by atoms with van der Waals surface area (Å²) in [7, 11) is -0.593. The Morgan fingerprint density at radius 1 is 0.731 bits per heavy atom. The van der Waals surface area contributed by atoms with Crippen LogP contribution in [0.15, 0.2) is 0 Å². The molecule has 2 aliphatic heterocycles. The summed E-state index contributed by atoms with van der Waals surface area (Å²) in [6.07, 6.45) is 2.40. The first-order chi connectivity index (χ1) is 11.2. The molecule has 2 heterocycles. The molecule has 152 valence electrons. The first-order valence-corrected chi connectivity index (χ1v) is 9.39. The monoisotopic (exact) mass is 370 g/mol. The Bertz CT molecular complexity index is 395. The predicted octanol–water partition coefficient (Wildman–Crippen LogP) is 4.72. The topological polar surface area (TPSA) is 54.0 Å². The van der Waals surface area contributed by atoms with Gasteiger partial charge < -0.3 is 23.4 Å². The molecule has 2 aliphatic rings. The molecule has 2 saturated heterocycles. The number of hydrogen-bond donors (Lipinski definition) is 0. The van der Waals surface area contributed by atoms with Crippen molar-refractivity contribution in [2.24, 2.45) is 0 Å². The van der Waals surface area contributed by atoms with Gasteiger partial charge in [0.25, 0.3) is 0 Å². The van der Waals surface area contributed by atoms with E-state index >= 15 is 0 Å². The number of rotatable bonds is 4. The van der Waals surface area contributed by atoms with Crippen LogP contribution in [0.2, 0.25) is 5.72 Å². The summed E-state index contributed by atoms with van der Waals surface area (Å²) < 4.78 is 24.7. The van der Waals surface area contributed by atoms with E-state index in [0.29, 0.717) is 6.42 Å². The van der Waals surface area contributed by atoms with Gasteiger partial charge in [-0.05, 0) is 55.4 Å². The lowest BCUT2D eigenvalue weighted by molar-refractivity contribution is -0.107. The second-order valence-corrected chi connectivity index (χ2v) is 8.90. The van der Waals surface area contributed by atoms with Crippen LogP contribution in [-0.2, 0) is 23.4 Å². The molecule has 0 atom stereocenters. The zero-order valence-electron chi connectivity index (χ0n) is 17.8. The Labute approximate surface area is 162 Å². The Morgan fingerprint density at radius 2 is 0.962 bits per heavy atom. The zero-order chi connectivity index (χ0) is 19.7. The standard InChI is InChI=1S/C15H30B2O4.C3H6O.CH4/c1-10-11(16-18-12(2,3)13(4,5)19-16)17-20-14(6,7)15(8,9)21-17;1-2-3-4;/h11H,10H2,1-9H3;3H,2H2,1H3;1H4. The second-order valence-electron chi connectivity index (χ2n) is 8.90. The summed E-state index contributed by atoms with van der Waals surface area (Å²) in [6.45, 7) is 20.5. The van der Waals surface area contributed by atoms with E-state index in [4.69, 9.17) is 18.6 Å². The van der Waals surface area contributed by atoms with Crippen LogP contribution >= 0.6 is 0 Å². The van der Waals surface area contributed by atoms with E-state index in [2.05, 4.69) is 62.3 Å². The SMILES string of the molecule is C.CCC(B1OC(C)(C)C(C)(C)O1)B1OC(C)(C)C(C)(C)O1.CCC=O. The van der Waals surface area contributed by atoms with E-state index < -0.39 is 0 Å². The van der Waals surface area contributed by atoms with Gasteiger partial charge in [-0.3, -0.25) is 0 Å². The summed E-state index contributed by atoms with van der Waals surface area (Å²) in [5.74, 6) is 0. The van der Waals surface area contributed by atoms with E-state index in [1.807, 2.05) is 6.92 Å².